The molecule has 21 heavy (non-hydrogen) atoms. The van der Waals surface area contributed by atoms with Crippen molar-refractivity contribution >= 4 is 11.8 Å². The van der Waals surface area contributed by atoms with Crippen LogP contribution in [0.3, 0.4) is 0 Å². The topological polar surface area (TPSA) is 71.5 Å². The van der Waals surface area contributed by atoms with Crippen molar-refractivity contribution in [1.29, 1.82) is 0 Å². The Bertz CT molecular complexity index is 504. The van der Waals surface area contributed by atoms with Crippen molar-refractivity contribution in [2.45, 2.75) is 12.6 Å². The standard InChI is InChI=1S/C13H15F3N2O3/c1-2-3-7-21-8-6-17-11-9(12(19)20)4-5-10(18-11)13(14,15)16/h2,4-5H,1,3,6-8H2,(H,17,18)(H,19,20). The number of hydrogen-bond acceptors (Lipinski definition) is 4. The lowest BCUT2D eigenvalue weighted by Gasteiger charge is -2.12. The maximum Gasteiger partial charge on any atom is 0.433 e. The molecule has 0 saturated heterocycles. The number of ether oxygens (including phenoxy) is 1. The maximum absolute atomic E-state index is 12.6. The zero-order valence-electron chi connectivity index (χ0n) is 11.1. The van der Waals surface area contributed by atoms with Gasteiger partial charge in [0.05, 0.1) is 13.2 Å². The van der Waals surface area contributed by atoms with Gasteiger partial charge in [0.15, 0.2) is 0 Å². The summed E-state index contributed by atoms with van der Waals surface area (Å²) in [5.41, 5.74) is -1.48. The van der Waals surface area contributed by atoms with Crippen molar-refractivity contribution in [1.82, 2.24) is 4.98 Å². The number of carboxylic acid groups (broad SMARTS) is 1. The van der Waals surface area contributed by atoms with Gasteiger partial charge >= 0.3 is 12.1 Å². The molecule has 0 amide bonds. The van der Waals surface area contributed by atoms with Crippen LogP contribution < -0.4 is 5.32 Å². The van der Waals surface area contributed by atoms with Crippen molar-refractivity contribution in [2.24, 2.45) is 0 Å². The van der Waals surface area contributed by atoms with Crippen LogP contribution in [0.25, 0.3) is 0 Å². The summed E-state index contributed by atoms with van der Waals surface area (Å²) >= 11 is 0. The second-order valence-electron chi connectivity index (χ2n) is 4.01. The summed E-state index contributed by atoms with van der Waals surface area (Å²) in [5, 5.41) is 11.5. The molecule has 1 rings (SSSR count). The molecule has 2 N–H and O–H groups in total. The number of anilines is 1. The number of nitrogens with one attached hydrogen (secondary N) is 1. The molecule has 0 fully saturated rings. The summed E-state index contributed by atoms with van der Waals surface area (Å²) in [6.07, 6.45) is -2.31. The molecule has 5 nitrogen and oxygen atoms in total. The van der Waals surface area contributed by atoms with E-state index in [1.807, 2.05) is 0 Å². The number of carboxylic acids is 1. The van der Waals surface area contributed by atoms with Crippen molar-refractivity contribution < 1.29 is 27.8 Å². The number of rotatable bonds is 8. The van der Waals surface area contributed by atoms with Gasteiger partial charge in [0, 0.05) is 6.54 Å². The highest BCUT2D eigenvalue weighted by Crippen LogP contribution is 2.29. The van der Waals surface area contributed by atoms with Crippen LogP contribution in [0.1, 0.15) is 22.5 Å². The number of carbonyl (C=O) groups is 1. The second kappa shape index (κ2) is 7.63. The molecule has 1 aromatic heterocycles. The zero-order valence-corrected chi connectivity index (χ0v) is 11.1. The normalized spacial score (nSPS) is 11.2. The molecule has 1 heterocycles. The Balaban J connectivity index is 2.73. The molecule has 0 aromatic carbocycles. The van der Waals surface area contributed by atoms with E-state index in [1.165, 1.54) is 0 Å². The van der Waals surface area contributed by atoms with Crippen LogP contribution in [0.2, 0.25) is 0 Å². The number of alkyl halides is 3. The molecular weight excluding hydrogens is 289 g/mol. The van der Waals surface area contributed by atoms with Gasteiger partial charge in [-0.15, -0.1) is 6.58 Å². The first-order chi connectivity index (χ1) is 9.86. The maximum atomic E-state index is 12.6. The van der Waals surface area contributed by atoms with Crippen LogP contribution in [0.5, 0.6) is 0 Å². The largest absolute Gasteiger partial charge is 0.478 e. The minimum atomic E-state index is -4.63. The summed E-state index contributed by atoms with van der Waals surface area (Å²) in [4.78, 5) is 14.3. The fraction of sp³-hybridized carbons (Fsp3) is 0.385. The van der Waals surface area contributed by atoms with Crippen LogP contribution >= 0.6 is 0 Å². The van der Waals surface area contributed by atoms with Crippen LogP contribution in [0.15, 0.2) is 24.8 Å². The van der Waals surface area contributed by atoms with Crippen LogP contribution in [0.4, 0.5) is 19.0 Å². The first-order valence-electron chi connectivity index (χ1n) is 6.10. The third-order valence-electron chi connectivity index (χ3n) is 2.42. The highest BCUT2D eigenvalue weighted by molar-refractivity contribution is 5.93. The van der Waals surface area contributed by atoms with E-state index in [0.717, 1.165) is 6.07 Å². The van der Waals surface area contributed by atoms with Crippen molar-refractivity contribution in [3.8, 4) is 0 Å². The number of hydrogen-bond donors (Lipinski definition) is 2. The molecular formula is C13H15F3N2O3. The Labute approximate surface area is 119 Å². The monoisotopic (exact) mass is 304 g/mol. The number of nitrogens with zero attached hydrogens (tertiary/aromatic N) is 1. The van der Waals surface area contributed by atoms with E-state index in [0.29, 0.717) is 19.1 Å². The highest BCUT2D eigenvalue weighted by Gasteiger charge is 2.33. The molecule has 0 spiro atoms. The molecule has 0 radical (unpaired) electrons. The summed E-state index contributed by atoms with van der Waals surface area (Å²) in [6, 6.07) is 1.51. The summed E-state index contributed by atoms with van der Waals surface area (Å²) < 4.78 is 42.8. The Morgan fingerprint density at radius 2 is 2.14 bits per heavy atom. The van der Waals surface area contributed by atoms with Crippen LogP contribution in [-0.2, 0) is 10.9 Å². The van der Waals surface area contributed by atoms with Crippen molar-refractivity contribution in [3.63, 3.8) is 0 Å². The lowest BCUT2D eigenvalue weighted by atomic mass is 10.2. The van der Waals surface area contributed by atoms with E-state index in [1.54, 1.807) is 6.08 Å². The first kappa shape index (κ1) is 17.0. The molecule has 0 aliphatic heterocycles. The van der Waals surface area contributed by atoms with Crippen molar-refractivity contribution in [2.75, 3.05) is 25.1 Å². The van der Waals surface area contributed by atoms with Gasteiger partial charge in [-0.2, -0.15) is 13.2 Å². The predicted octanol–water partition coefficient (Wildman–Crippen LogP) is 2.80. The highest BCUT2D eigenvalue weighted by atomic mass is 19.4. The third-order valence-corrected chi connectivity index (χ3v) is 2.42. The van der Waals surface area contributed by atoms with Gasteiger partial charge in [0.2, 0.25) is 0 Å². The average Bonchev–Trinajstić information content (AvgIpc) is 2.41. The lowest BCUT2D eigenvalue weighted by molar-refractivity contribution is -0.141. The Morgan fingerprint density at radius 1 is 1.43 bits per heavy atom. The number of aromatic nitrogens is 1. The second-order valence-corrected chi connectivity index (χ2v) is 4.01. The van der Waals surface area contributed by atoms with E-state index >= 15 is 0 Å². The van der Waals surface area contributed by atoms with E-state index in [4.69, 9.17) is 9.84 Å². The molecule has 0 atom stereocenters. The minimum absolute atomic E-state index is 0.145. The molecule has 0 aliphatic carbocycles. The molecule has 8 heteroatoms. The minimum Gasteiger partial charge on any atom is -0.478 e. The molecule has 0 bridgehead atoms. The van der Waals surface area contributed by atoms with E-state index < -0.39 is 17.8 Å². The fourth-order valence-corrected chi connectivity index (χ4v) is 1.43. The molecule has 0 unspecified atom stereocenters. The lowest BCUT2D eigenvalue weighted by Crippen LogP contribution is -2.17. The number of halogens is 3. The Morgan fingerprint density at radius 3 is 2.71 bits per heavy atom. The molecule has 1 aromatic rings. The van der Waals surface area contributed by atoms with Gasteiger partial charge in [-0.25, -0.2) is 9.78 Å². The van der Waals surface area contributed by atoms with Gasteiger partial charge in [-0.3, -0.25) is 0 Å². The molecule has 116 valence electrons. The number of aromatic carboxylic acids is 1. The zero-order chi connectivity index (χ0) is 15.9. The first-order valence-corrected chi connectivity index (χ1v) is 6.10. The van der Waals surface area contributed by atoms with Crippen LogP contribution in [-0.4, -0.2) is 35.8 Å². The van der Waals surface area contributed by atoms with Crippen molar-refractivity contribution in [3.05, 3.63) is 36.0 Å². The van der Waals surface area contributed by atoms with Gasteiger partial charge in [-0.1, -0.05) is 6.08 Å². The number of pyridine rings is 1. The smallest absolute Gasteiger partial charge is 0.433 e. The van der Waals surface area contributed by atoms with E-state index in [-0.39, 0.29) is 24.5 Å². The quantitative estimate of drug-likeness (QED) is 0.571. The fourth-order valence-electron chi connectivity index (χ4n) is 1.43. The summed E-state index contributed by atoms with van der Waals surface area (Å²) in [6.45, 7) is 4.31. The Hall–Kier alpha value is -2.09. The average molecular weight is 304 g/mol. The van der Waals surface area contributed by atoms with Crippen LogP contribution in [0, 0.1) is 0 Å². The predicted molar refractivity (Wildman–Crippen MR) is 70.3 cm³/mol. The third kappa shape index (κ3) is 5.42. The van der Waals surface area contributed by atoms with Gasteiger partial charge in [0.1, 0.15) is 17.1 Å². The molecule has 0 aliphatic rings. The summed E-state index contributed by atoms with van der Waals surface area (Å²) in [7, 11) is 0. The SMILES string of the molecule is C=CCCOCCNc1nc(C(F)(F)F)ccc1C(=O)O. The summed E-state index contributed by atoms with van der Waals surface area (Å²) in [5.74, 6) is -1.68. The van der Waals surface area contributed by atoms with Gasteiger partial charge in [0.25, 0.3) is 0 Å². The Kier molecular flexibility index (Phi) is 6.16. The van der Waals surface area contributed by atoms with E-state index in [9.17, 15) is 18.0 Å². The van der Waals surface area contributed by atoms with Gasteiger partial charge in [-0.05, 0) is 18.6 Å². The van der Waals surface area contributed by atoms with Gasteiger partial charge < -0.3 is 15.2 Å². The van der Waals surface area contributed by atoms with E-state index in [2.05, 4.69) is 16.9 Å². The molecule has 0 saturated carbocycles.